The molecule has 2 rings (SSSR count). The molecule has 84 valence electrons. The maximum atomic E-state index is 9.87. The fourth-order valence-corrected chi connectivity index (χ4v) is 1.54. The van der Waals surface area contributed by atoms with E-state index < -0.39 is 5.60 Å². The minimum atomic E-state index is -0.948. The molecule has 0 amide bonds. The topological polar surface area (TPSA) is 61.8 Å². The molecule has 0 aliphatic heterocycles. The Hall–Kier alpha value is -1.68. The number of aromatic nitrogens is 3. The van der Waals surface area contributed by atoms with Crippen molar-refractivity contribution in [1.82, 2.24) is 15.0 Å². The lowest BCUT2D eigenvalue weighted by molar-refractivity contribution is 0.0696. The zero-order valence-corrected chi connectivity index (χ0v) is 9.65. The van der Waals surface area contributed by atoms with E-state index in [1.807, 2.05) is 19.1 Å². The summed E-state index contributed by atoms with van der Waals surface area (Å²) in [4.78, 5) is 11.5. The number of imidazole rings is 1. The lowest BCUT2D eigenvalue weighted by Gasteiger charge is -2.12. The van der Waals surface area contributed by atoms with E-state index in [2.05, 4.69) is 15.0 Å². The van der Waals surface area contributed by atoms with Crippen LogP contribution >= 0.6 is 0 Å². The van der Waals surface area contributed by atoms with Crippen molar-refractivity contribution in [2.24, 2.45) is 0 Å². The van der Waals surface area contributed by atoms with Gasteiger partial charge in [0.2, 0.25) is 0 Å². The van der Waals surface area contributed by atoms with Crippen LogP contribution in [-0.2, 0) is 5.60 Å². The average molecular weight is 217 g/mol. The molecule has 2 aromatic heterocycles. The molecule has 0 saturated carbocycles. The Labute approximate surface area is 94.4 Å². The zero-order valence-electron chi connectivity index (χ0n) is 9.65. The van der Waals surface area contributed by atoms with Crippen molar-refractivity contribution < 1.29 is 5.11 Å². The number of aliphatic hydroxyl groups is 1. The van der Waals surface area contributed by atoms with Crippen molar-refractivity contribution in [2.45, 2.75) is 26.4 Å². The molecule has 0 atom stereocenters. The number of aryl methyl sites for hydroxylation is 1. The van der Waals surface area contributed by atoms with Crippen molar-refractivity contribution in [3.05, 3.63) is 36.0 Å². The third-order valence-electron chi connectivity index (χ3n) is 2.42. The van der Waals surface area contributed by atoms with Crippen LogP contribution in [0.25, 0.3) is 11.3 Å². The highest BCUT2D eigenvalue weighted by Crippen LogP contribution is 2.24. The van der Waals surface area contributed by atoms with Gasteiger partial charge in [-0.25, -0.2) is 4.98 Å². The zero-order chi connectivity index (χ0) is 11.8. The molecule has 2 aromatic rings. The first-order valence-corrected chi connectivity index (χ1v) is 5.18. The number of H-pyrrole nitrogens is 1. The Morgan fingerprint density at radius 2 is 1.88 bits per heavy atom. The highest BCUT2D eigenvalue weighted by Gasteiger charge is 2.21. The van der Waals surface area contributed by atoms with Crippen molar-refractivity contribution in [2.75, 3.05) is 0 Å². The van der Waals surface area contributed by atoms with Crippen molar-refractivity contribution in [3.63, 3.8) is 0 Å². The summed E-state index contributed by atoms with van der Waals surface area (Å²) in [5.41, 5.74) is 1.86. The van der Waals surface area contributed by atoms with Gasteiger partial charge in [-0.1, -0.05) is 0 Å². The SMILES string of the molecule is Cc1[nH]c(C(C)(C)O)nc1-c1ccncc1. The van der Waals surface area contributed by atoms with E-state index >= 15 is 0 Å². The normalized spacial score (nSPS) is 11.8. The molecular weight excluding hydrogens is 202 g/mol. The molecule has 0 spiro atoms. The molecule has 0 unspecified atom stereocenters. The third kappa shape index (κ3) is 1.97. The molecule has 0 fully saturated rings. The van der Waals surface area contributed by atoms with E-state index in [0.717, 1.165) is 17.0 Å². The predicted octanol–water partition coefficient (Wildman–Crippen LogP) is 2.01. The summed E-state index contributed by atoms with van der Waals surface area (Å²) in [7, 11) is 0. The Kier molecular flexibility index (Phi) is 2.52. The first-order valence-electron chi connectivity index (χ1n) is 5.18. The van der Waals surface area contributed by atoms with Crippen LogP contribution in [0.4, 0.5) is 0 Å². The van der Waals surface area contributed by atoms with Gasteiger partial charge in [-0.3, -0.25) is 4.98 Å². The van der Waals surface area contributed by atoms with Gasteiger partial charge in [0.15, 0.2) is 0 Å². The van der Waals surface area contributed by atoms with Gasteiger partial charge in [0.1, 0.15) is 11.4 Å². The second-order valence-corrected chi connectivity index (χ2v) is 4.35. The fourth-order valence-electron chi connectivity index (χ4n) is 1.54. The number of nitrogens with one attached hydrogen (secondary N) is 1. The summed E-state index contributed by atoms with van der Waals surface area (Å²) < 4.78 is 0. The first kappa shape index (κ1) is 10.8. The molecule has 0 aromatic carbocycles. The van der Waals surface area contributed by atoms with Crippen LogP contribution in [0.1, 0.15) is 25.4 Å². The van der Waals surface area contributed by atoms with Crippen LogP contribution in [0, 0.1) is 6.92 Å². The summed E-state index contributed by atoms with van der Waals surface area (Å²) in [5, 5.41) is 9.87. The molecule has 16 heavy (non-hydrogen) atoms. The van der Waals surface area contributed by atoms with Crippen molar-refractivity contribution in [1.29, 1.82) is 0 Å². The highest BCUT2D eigenvalue weighted by molar-refractivity contribution is 5.61. The van der Waals surface area contributed by atoms with Crippen LogP contribution in [-0.4, -0.2) is 20.1 Å². The first-order chi connectivity index (χ1) is 7.48. The van der Waals surface area contributed by atoms with Gasteiger partial charge in [0.25, 0.3) is 0 Å². The fraction of sp³-hybridized carbons (Fsp3) is 0.333. The maximum Gasteiger partial charge on any atom is 0.138 e. The van der Waals surface area contributed by atoms with E-state index in [4.69, 9.17) is 0 Å². The Morgan fingerprint density at radius 3 is 2.38 bits per heavy atom. The minimum Gasteiger partial charge on any atom is -0.383 e. The number of aromatic amines is 1. The second kappa shape index (κ2) is 3.72. The Morgan fingerprint density at radius 1 is 1.25 bits per heavy atom. The standard InChI is InChI=1S/C12H15N3O/c1-8-10(9-4-6-13-7-5-9)15-11(14-8)12(2,3)16/h4-7,16H,1-3H3,(H,14,15). The van der Waals surface area contributed by atoms with Crippen molar-refractivity contribution >= 4 is 0 Å². The van der Waals surface area contributed by atoms with Gasteiger partial charge in [-0.2, -0.15) is 0 Å². The molecule has 0 bridgehead atoms. The van der Waals surface area contributed by atoms with E-state index in [0.29, 0.717) is 5.82 Å². The number of rotatable bonds is 2. The van der Waals surface area contributed by atoms with Crippen LogP contribution in [0.15, 0.2) is 24.5 Å². The van der Waals surface area contributed by atoms with Gasteiger partial charge in [-0.05, 0) is 32.9 Å². The summed E-state index contributed by atoms with van der Waals surface area (Å²) in [6.45, 7) is 5.36. The van der Waals surface area contributed by atoms with Crippen LogP contribution in [0.2, 0.25) is 0 Å². The van der Waals surface area contributed by atoms with Gasteiger partial charge in [0.05, 0.1) is 5.69 Å². The molecule has 4 heteroatoms. The molecule has 0 saturated heterocycles. The molecule has 4 nitrogen and oxygen atoms in total. The van der Waals surface area contributed by atoms with Crippen molar-refractivity contribution in [3.8, 4) is 11.3 Å². The van der Waals surface area contributed by atoms with Gasteiger partial charge < -0.3 is 10.1 Å². The molecule has 2 heterocycles. The number of pyridine rings is 1. The predicted molar refractivity (Wildman–Crippen MR) is 61.8 cm³/mol. The van der Waals surface area contributed by atoms with Gasteiger partial charge in [0, 0.05) is 23.7 Å². The second-order valence-electron chi connectivity index (χ2n) is 4.35. The average Bonchev–Trinajstić information content (AvgIpc) is 2.61. The lowest BCUT2D eigenvalue weighted by Crippen LogP contribution is -2.17. The minimum absolute atomic E-state index is 0.580. The molecular formula is C12H15N3O. The van der Waals surface area contributed by atoms with E-state index in [9.17, 15) is 5.11 Å². The van der Waals surface area contributed by atoms with Crippen LogP contribution in [0.3, 0.4) is 0 Å². The quantitative estimate of drug-likeness (QED) is 0.808. The Balaban J connectivity index is 2.48. The summed E-state index contributed by atoms with van der Waals surface area (Å²) in [6.07, 6.45) is 3.46. The monoisotopic (exact) mass is 217 g/mol. The number of hydrogen-bond donors (Lipinski definition) is 2. The van der Waals surface area contributed by atoms with Gasteiger partial charge >= 0.3 is 0 Å². The van der Waals surface area contributed by atoms with Crippen LogP contribution < -0.4 is 0 Å². The van der Waals surface area contributed by atoms with Crippen LogP contribution in [0.5, 0.6) is 0 Å². The van der Waals surface area contributed by atoms with E-state index in [-0.39, 0.29) is 0 Å². The maximum absolute atomic E-state index is 9.87. The lowest BCUT2D eigenvalue weighted by atomic mass is 10.1. The summed E-state index contributed by atoms with van der Waals surface area (Å²) in [6, 6.07) is 3.80. The largest absolute Gasteiger partial charge is 0.383 e. The Bertz CT molecular complexity index is 483. The number of hydrogen-bond acceptors (Lipinski definition) is 3. The highest BCUT2D eigenvalue weighted by atomic mass is 16.3. The number of nitrogens with zero attached hydrogens (tertiary/aromatic N) is 2. The smallest absolute Gasteiger partial charge is 0.138 e. The molecule has 0 aliphatic rings. The molecule has 0 radical (unpaired) electrons. The summed E-state index contributed by atoms with van der Waals surface area (Å²) >= 11 is 0. The molecule has 2 N–H and O–H groups in total. The summed E-state index contributed by atoms with van der Waals surface area (Å²) in [5.74, 6) is 0.580. The van der Waals surface area contributed by atoms with E-state index in [1.54, 1.807) is 26.2 Å². The van der Waals surface area contributed by atoms with E-state index in [1.165, 1.54) is 0 Å². The molecule has 0 aliphatic carbocycles. The third-order valence-corrected chi connectivity index (χ3v) is 2.42. The van der Waals surface area contributed by atoms with Gasteiger partial charge in [-0.15, -0.1) is 0 Å².